The molecule has 7 heteroatoms. The number of hydrogen-bond donors (Lipinski definition) is 1. The Hall–Kier alpha value is -2.37. The highest BCUT2D eigenvalue weighted by atomic mass is 35.5. The lowest BCUT2D eigenvalue weighted by atomic mass is 9.99. The average Bonchev–Trinajstić information content (AvgIpc) is 2.88. The van der Waals surface area contributed by atoms with Gasteiger partial charge in [0.15, 0.2) is 5.43 Å². The van der Waals surface area contributed by atoms with Crippen LogP contribution in [0.25, 0.3) is 11.0 Å². The third-order valence-electron chi connectivity index (χ3n) is 3.93. The fourth-order valence-electron chi connectivity index (χ4n) is 2.82. The van der Waals surface area contributed by atoms with E-state index in [1.807, 2.05) is 0 Å². The maximum absolute atomic E-state index is 13.5. The van der Waals surface area contributed by atoms with Crippen LogP contribution in [0.2, 0.25) is 10.0 Å². The molecule has 0 bridgehead atoms. The number of halogens is 3. The van der Waals surface area contributed by atoms with E-state index in [4.69, 9.17) is 27.6 Å². The Bertz CT molecular complexity index is 1080. The summed E-state index contributed by atoms with van der Waals surface area (Å²) >= 11 is 11.9. The SMILES string of the molecule is O=C1NC(c2ccc(Cl)c(Cl)c2)c2c1oc1ccc(F)cc1c2=O. The van der Waals surface area contributed by atoms with Crippen LogP contribution in [-0.2, 0) is 0 Å². The van der Waals surface area contributed by atoms with Gasteiger partial charge in [-0.2, -0.15) is 0 Å². The van der Waals surface area contributed by atoms with Crippen LogP contribution in [0.1, 0.15) is 27.7 Å². The molecule has 0 radical (unpaired) electrons. The first kappa shape index (κ1) is 15.2. The van der Waals surface area contributed by atoms with Crippen molar-refractivity contribution in [2.24, 2.45) is 0 Å². The molecule has 1 aliphatic rings. The van der Waals surface area contributed by atoms with Gasteiger partial charge in [0, 0.05) is 0 Å². The van der Waals surface area contributed by atoms with E-state index in [1.165, 1.54) is 12.1 Å². The van der Waals surface area contributed by atoms with E-state index in [0.717, 1.165) is 6.07 Å². The Morgan fingerprint density at radius 2 is 1.83 bits per heavy atom. The normalized spacial score (nSPS) is 16.3. The first-order valence-electron chi connectivity index (χ1n) is 6.98. The number of carbonyl (C=O) groups is 1. The van der Waals surface area contributed by atoms with Crippen LogP contribution < -0.4 is 10.7 Å². The summed E-state index contributed by atoms with van der Waals surface area (Å²) in [7, 11) is 0. The fraction of sp³-hybridized carbons (Fsp3) is 0.0588. The van der Waals surface area contributed by atoms with E-state index in [1.54, 1.807) is 18.2 Å². The summed E-state index contributed by atoms with van der Waals surface area (Å²) in [5.41, 5.74) is 0.418. The highest BCUT2D eigenvalue weighted by Gasteiger charge is 2.36. The average molecular weight is 364 g/mol. The summed E-state index contributed by atoms with van der Waals surface area (Å²) in [4.78, 5) is 25.0. The minimum Gasteiger partial charge on any atom is -0.450 e. The molecule has 0 saturated heterocycles. The van der Waals surface area contributed by atoms with Crippen LogP contribution in [0.15, 0.2) is 45.6 Å². The molecule has 0 saturated carbocycles. The first-order valence-corrected chi connectivity index (χ1v) is 7.73. The van der Waals surface area contributed by atoms with Crippen molar-refractivity contribution >= 4 is 40.1 Å². The Kier molecular flexibility index (Phi) is 3.37. The molecule has 4 nitrogen and oxygen atoms in total. The van der Waals surface area contributed by atoms with Crippen LogP contribution in [0.5, 0.6) is 0 Å². The van der Waals surface area contributed by atoms with E-state index in [-0.39, 0.29) is 22.3 Å². The Labute approximate surface area is 144 Å². The van der Waals surface area contributed by atoms with E-state index >= 15 is 0 Å². The minimum atomic E-state index is -0.730. The largest absolute Gasteiger partial charge is 0.450 e. The molecule has 3 aromatic rings. The molecule has 1 aliphatic heterocycles. The lowest BCUT2D eigenvalue weighted by Gasteiger charge is -2.12. The maximum Gasteiger partial charge on any atom is 0.288 e. The molecule has 4 rings (SSSR count). The van der Waals surface area contributed by atoms with Gasteiger partial charge in [-0.3, -0.25) is 9.59 Å². The van der Waals surface area contributed by atoms with Crippen molar-refractivity contribution in [3.05, 3.63) is 79.4 Å². The lowest BCUT2D eigenvalue weighted by molar-refractivity contribution is 0.0938. The molecular weight excluding hydrogens is 356 g/mol. The molecule has 1 amide bonds. The van der Waals surface area contributed by atoms with Gasteiger partial charge >= 0.3 is 0 Å². The van der Waals surface area contributed by atoms with Crippen LogP contribution in [0.4, 0.5) is 4.39 Å². The molecule has 0 aliphatic carbocycles. The smallest absolute Gasteiger partial charge is 0.288 e. The fourth-order valence-corrected chi connectivity index (χ4v) is 3.13. The molecule has 0 spiro atoms. The van der Waals surface area contributed by atoms with E-state index in [9.17, 15) is 14.0 Å². The van der Waals surface area contributed by atoms with Crippen LogP contribution in [0.3, 0.4) is 0 Å². The highest BCUT2D eigenvalue weighted by molar-refractivity contribution is 6.42. The number of carbonyl (C=O) groups excluding carboxylic acids is 1. The zero-order valence-corrected chi connectivity index (χ0v) is 13.4. The number of hydrogen-bond acceptors (Lipinski definition) is 3. The molecule has 1 atom stereocenters. The molecule has 0 fully saturated rings. The second-order valence-electron chi connectivity index (χ2n) is 5.39. The van der Waals surface area contributed by atoms with Crippen molar-refractivity contribution in [2.45, 2.75) is 6.04 Å². The highest BCUT2D eigenvalue weighted by Crippen LogP contribution is 2.33. The molecule has 1 N–H and O–H groups in total. The molecule has 2 aromatic carbocycles. The molecular formula is C17H8Cl2FNO3. The van der Waals surface area contributed by atoms with Gasteiger partial charge in [0.25, 0.3) is 5.91 Å². The Morgan fingerprint density at radius 3 is 2.58 bits per heavy atom. The lowest BCUT2D eigenvalue weighted by Crippen LogP contribution is -2.21. The topological polar surface area (TPSA) is 59.3 Å². The van der Waals surface area contributed by atoms with E-state index < -0.39 is 23.2 Å². The summed E-state index contributed by atoms with van der Waals surface area (Å²) in [5, 5.41) is 3.42. The molecule has 1 aromatic heterocycles. The van der Waals surface area contributed by atoms with Crippen LogP contribution in [0, 0.1) is 5.82 Å². The third kappa shape index (κ3) is 2.20. The predicted octanol–water partition coefficient (Wildman–Crippen LogP) is 4.07. The van der Waals surface area contributed by atoms with Gasteiger partial charge in [-0.25, -0.2) is 4.39 Å². The summed E-state index contributed by atoms with van der Waals surface area (Å²) in [6.45, 7) is 0. The van der Waals surface area contributed by atoms with Crippen molar-refractivity contribution in [1.29, 1.82) is 0 Å². The van der Waals surface area contributed by atoms with Gasteiger partial charge in [0.1, 0.15) is 11.4 Å². The second-order valence-corrected chi connectivity index (χ2v) is 6.21. The summed E-state index contributed by atoms with van der Waals surface area (Å²) in [6, 6.07) is 7.66. The molecule has 24 heavy (non-hydrogen) atoms. The number of nitrogens with one attached hydrogen (secondary N) is 1. The number of benzene rings is 2. The predicted molar refractivity (Wildman–Crippen MR) is 88.2 cm³/mol. The zero-order chi connectivity index (χ0) is 17.0. The summed E-state index contributed by atoms with van der Waals surface area (Å²) in [5.74, 6) is -1.14. The maximum atomic E-state index is 13.5. The van der Waals surface area contributed by atoms with Crippen molar-refractivity contribution < 1.29 is 13.6 Å². The number of fused-ring (bicyclic) bond motifs is 2. The number of amides is 1. The van der Waals surface area contributed by atoms with Gasteiger partial charge < -0.3 is 9.73 Å². The van der Waals surface area contributed by atoms with Crippen LogP contribution in [-0.4, -0.2) is 5.91 Å². The van der Waals surface area contributed by atoms with E-state index in [2.05, 4.69) is 5.32 Å². The van der Waals surface area contributed by atoms with Gasteiger partial charge in [-0.15, -0.1) is 0 Å². The van der Waals surface area contributed by atoms with Gasteiger partial charge in [0.05, 0.1) is 27.0 Å². The molecule has 1 unspecified atom stereocenters. The number of rotatable bonds is 1. The minimum absolute atomic E-state index is 0.0739. The van der Waals surface area contributed by atoms with Crippen molar-refractivity contribution in [3.8, 4) is 0 Å². The van der Waals surface area contributed by atoms with Gasteiger partial charge in [-0.1, -0.05) is 29.3 Å². The van der Waals surface area contributed by atoms with Crippen LogP contribution >= 0.6 is 23.2 Å². The molecule has 120 valence electrons. The van der Waals surface area contributed by atoms with Gasteiger partial charge in [-0.05, 0) is 35.9 Å². The van der Waals surface area contributed by atoms with Gasteiger partial charge in [0.2, 0.25) is 5.76 Å². The van der Waals surface area contributed by atoms with Crippen molar-refractivity contribution in [1.82, 2.24) is 5.32 Å². The summed E-state index contributed by atoms with van der Waals surface area (Å²) in [6.07, 6.45) is 0. The standard InChI is InChI=1S/C17H8Cl2FNO3/c18-10-3-1-7(5-11(10)19)14-13-15(22)9-6-8(20)2-4-12(9)24-16(13)17(23)21-14/h1-6,14H,(H,21,23). The van der Waals surface area contributed by atoms with Crippen molar-refractivity contribution in [2.75, 3.05) is 0 Å². The third-order valence-corrected chi connectivity index (χ3v) is 4.67. The Balaban J connectivity index is 1.99. The quantitative estimate of drug-likeness (QED) is 0.708. The monoisotopic (exact) mass is 363 g/mol. The second kappa shape index (κ2) is 5.33. The molecule has 2 heterocycles. The Morgan fingerprint density at radius 1 is 1.04 bits per heavy atom. The first-order chi connectivity index (χ1) is 11.5. The zero-order valence-electron chi connectivity index (χ0n) is 11.9. The van der Waals surface area contributed by atoms with Crippen molar-refractivity contribution in [3.63, 3.8) is 0 Å². The van der Waals surface area contributed by atoms with E-state index in [0.29, 0.717) is 15.6 Å². The summed E-state index contributed by atoms with van der Waals surface area (Å²) < 4.78 is 19.0.